The molecule has 0 aliphatic heterocycles. The third-order valence-electron chi connectivity index (χ3n) is 5.01. The third-order valence-corrected chi connectivity index (χ3v) is 5.01. The predicted molar refractivity (Wildman–Crippen MR) is 109 cm³/mol. The molecule has 2 aromatic heterocycles. The number of aromatic nitrogens is 3. The van der Waals surface area contributed by atoms with Crippen molar-refractivity contribution in [3.05, 3.63) is 64.6 Å². The van der Waals surface area contributed by atoms with Gasteiger partial charge >= 0.3 is 0 Å². The molecule has 1 amide bonds. The van der Waals surface area contributed by atoms with Gasteiger partial charge in [-0.15, -0.1) is 0 Å². The number of hydrogen-bond donors (Lipinski definition) is 0. The first-order valence-electron chi connectivity index (χ1n) is 9.62. The topological polar surface area (TPSA) is 59.7 Å². The van der Waals surface area contributed by atoms with E-state index in [9.17, 15) is 4.79 Å². The van der Waals surface area contributed by atoms with E-state index in [0.29, 0.717) is 32.5 Å². The van der Waals surface area contributed by atoms with E-state index >= 15 is 0 Å². The molecule has 3 rings (SSSR count). The fraction of sp³-hybridized carbons (Fsp3) is 0.409. The van der Waals surface area contributed by atoms with Crippen LogP contribution in [-0.4, -0.2) is 45.7 Å². The Morgan fingerprint density at radius 3 is 2.64 bits per heavy atom. The number of hydrogen-bond acceptors (Lipinski definition) is 4. The van der Waals surface area contributed by atoms with Crippen LogP contribution in [0.5, 0.6) is 0 Å². The number of methoxy groups -OCH3 is 1. The van der Waals surface area contributed by atoms with Gasteiger partial charge < -0.3 is 9.64 Å². The smallest absolute Gasteiger partial charge is 0.223 e. The molecular weight excluding hydrogens is 352 g/mol. The predicted octanol–water partition coefficient (Wildman–Crippen LogP) is 3.26. The van der Waals surface area contributed by atoms with Gasteiger partial charge in [-0.3, -0.25) is 4.79 Å². The molecule has 0 unspecified atom stereocenters. The summed E-state index contributed by atoms with van der Waals surface area (Å²) < 4.78 is 7.07. The van der Waals surface area contributed by atoms with Crippen molar-refractivity contribution in [1.82, 2.24) is 19.5 Å². The number of carbonyl (C=O) groups excluding carboxylic acids is 1. The standard InChI is InChI=1S/C22H28N4O2/c1-16-14-21-23-17(2)20(18(3)26(21)24-16)10-11-22(27)25(12-13-28-4)15-19-8-6-5-7-9-19/h5-9,14H,10-13,15H2,1-4H3. The molecule has 6 nitrogen and oxygen atoms in total. The van der Waals surface area contributed by atoms with Crippen LogP contribution in [0.2, 0.25) is 0 Å². The van der Waals surface area contributed by atoms with Crippen LogP contribution in [0.15, 0.2) is 36.4 Å². The minimum atomic E-state index is 0.122. The lowest BCUT2D eigenvalue weighted by Crippen LogP contribution is -2.33. The number of benzene rings is 1. The second-order valence-electron chi connectivity index (χ2n) is 7.11. The summed E-state index contributed by atoms with van der Waals surface area (Å²) in [6.45, 7) is 7.71. The lowest BCUT2D eigenvalue weighted by molar-refractivity contribution is -0.132. The Kier molecular flexibility index (Phi) is 6.41. The molecule has 0 bridgehead atoms. The van der Waals surface area contributed by atoms with Crippen LogP contribution < -0.4 is 0 Å². The fourth-order valence-electron chi connectivity index (χ4n) is 3.49. The first kappa shape index (κ1) is 20.0. The van der Waals surface area contributed by atoms with Crippen molar-refractivity contribution in [2.24, 2.45) is 0 Å². The van der Waals surface area contributed by atoms with E-state index in [-0.39, 0.29) is 5.91 Å². The van der Waals surface area contributed by atoms with Crippen molar-refractivity contribution < 1.29 is 9.53 Å². The van der Waals surface area contributed by atoms with Gasteiger partial charge in [0.1, 0.15) is 0 Å². The summed E-state index contributed by atoms with van der Waals surface area (Å²) >= 11 is 0. The molecule has 0 fully saturated rings. The van der Waals surface area contributed by atoms with Crippen LogP contribution in [0.25, 0.3) is 5.65 Å². The van der Waals surface area contributed by atoms with Crippen molar-refractivity contribution in [2.45, 2.75) is 40.2 Å². The van der Waals surface area contributed by atoms with Crippen LogP contribution in [0.3, 0.4) is 0 Å². The van der Waals surface area contributed by atoms with Gasteiger partial charge in [-0.25, -0.2) is 9.50 Å². The van der Waals surface area contributed by atoms with Crippen molar-refractivity contribution >= 4 is 11.6 Å². The Labute approximate surface area is 166 Å². The second kappa shape index (κ2) is 8.97. The zero-order chi connectivity index (χ0) is 20.1. The van der Waals surface area contributed by atoms with E-state index in [2.05, 4.69) is 10.1 Å². The normalized spacial score (nSPS) is 11.1. The molecular formula is C22H28N4O2. The molecule has 0 aliphatic rings. The van der Waals surface area contributed by atoms with E-state index in [0.717, 1.165) is 33.9 Å². The minimum absolute atomic E-state index is 0.122. The van der Waals surface area contributed by atoms with Crippen LogP contribution in [0.1, 0.15) is 34.6 Å². The molecule has 28 heavy (non-hydrogen) atoms. The van der Waals surface area contributed by atoms with Crippen LogP contribution in [0, 0.1) is 20.8 Å². The number of nitrogens with zero attached hydrogens (tertiary/aromatic N) is 4. The van der Waals surface area contributed by atoms with Crippen LogP contribution in [-0.2, 0) is 22.5 Å². The maximum absolute atomic E-state index is 12.9. The Balaban J connectivity index is 1.74. The molecule has 0 saturated heterocycles. The molecule has 2 heterocycles. The molecule has 0 spiro atoms. The van der Waals surface area contributed by atoms with Gasteiger partial charge in [-0.1, -0.05) is 30.3 Å². The molecule has 0 N–H and O–H groups in total. The fourth-order valence-corrected chi connectivity index (χ4v) is 3.49. The van der Waals surface area contributed by atoms with Crippen molar-refractivity contribution in [1.29, 1.82) is 0 Å². The van der Waals surface area contributed by atoms with Gasteiger partial charge in [-0.05, 0) is 38.3 Å². The number of aryl methyl sites for hydroxylation is 3. The summed E-state index contributed by atoms with van der Waals surface area (Å²) in [7, 11) is 1.66. The molecule has 3 aromatic rings. The van der Waals surface area contributed by atoms with Crippen LogP contribution >= 0.6 is 0 Å². The zero-order valence-electron chi connectivity index (χ0n) is 17.1. The van der Waals surface area contributed by atoms with Crippen LogP contribution in [0.4, 0.5) is 0 Å². The quantitative estimate of drug-likeness (QED) is 0.602. The maximum atomic E-state index is 12.9. The average Bonchev–Trinajstić information content (AvgIpc) is 3.05. The Morgan fingerprint density at radius 1 is 1.18 bits per heavy atom. The number of amides is 1. The summed E-state index contributed by atoms with van der Waals surface area (Å²) in [6, 6.07) is 12.0. The minimum Gasteiger partial charge on any atom is -0.383 e. The molecule has 6 heteroatoms. The number of fused-ring (bicyclic) bond motifs is 1. The molecule has 148 valence electrons. The van der Waals surface area contributed by atoms with Gasteiger partial charge in [0, 0.05) is 44.1 Å². The Bertz CT molecular complexity index is 950. The first-order valence-corrected chi connectivity index (χ1v) is 9.62. The first-order chi connectivity index (χ1) is 13.5. The third kappa shape index (κ3) is 4.57. The summed E-state index contributed by atoms with van der Waals surface area (Å²) in [6.07, 6.45) is 1.09. The molecule has 0 saturated carbocycles. The summed E-state index contributed by atoms with van der Waals surface area (Å²) in [4.78, 5) is 19.5. The molecule has 0 atom stereocenters. The number of ether oxygens (including phenoxy) is 1. The SMILES string of the molecule is COCCN(Cc1ccccc1)C(=O)CCc1c(C)nc2cc(C)nn2c1C. The van der Waals surface area contributed by atoms with Gasteiger partial charge in [0.05, 0.1) is 12.3 Å². The van der Waals surface area contributed by atoms with Gasteiger partial charge in [0.2, 0.25) is 5.91 Å². The van der Waals surface area contributed by atoms with E-state index in [1.165, 1.54) is 0 Å². The highest BCUT2D eigenvalue weighted by Gasteiger charge is 2.17. The highest BCUT2D eigenvalue weighted by molar-refractivity contribution is 5.76. The van der Waals surface area contributed by atoms with E-state index in [1.54, 1.807) is 7.11 Å². The second-order valence-corrected chi connectivity index (χ2v) is 7.11. The van der Waals surface area contributed by atoms with Crippen molar-refractivity contribution in [3.8, 4) is 0 Å². The van der Waals surface area contributed by atoms with Crippen molar-refractivity contribution in [2.75, 3.05) is 20.3 Å². The summed E-state index contributed by atoms with van der Waals surface area (Å²) in [5, 5.41) is 4.52. The average molecular weight is 380 g/mol. The largest absolute Gasteiger partial charge is 0.383 e. The van der Waals surface area contributed by atoms with E-state index in [4.69, 9.17) is 4.74 Å². The summed E-state index contributed by atoms with van der Waals surface area (Å²) in [5.41, 5.74) is 6.02. The van der Waals surface area contributed by atoms with Gasteiger partial charge in [0.25, 0.3) is 0 Å². The molecule has 0 radical (unpaired) electrons. The van der Waals surface area contributed by atoms with Gasteiger partial charge in [0.15, 0.2) is 5.65 Å². The van der Waals surface area contributed by atoms with E-state index < -0.39 is 0 Å². The maximum Gasteiger partial charge on any atom is 0.223 e. The van der Waals surface area contributed by atoms with Crippen molar-refractivity contribution in [3.63, 3.8) is 0 Å². The highest BCUT2D eigenvalue weighted by atomic mass is 16.5. The van der Waals surface area contributed by atoms with Gasteiger partial charge in [-0.2, -0.15) is 5.10 Å². The number of carbonyl (C=O) groups is 1. The molecule has 0 aliphatic carbocycles. The monoisotopic (exact) mass is 380 g/mol. The van der Waals surface area contributed by atoms with E-state index in [1.807, 2.05) is 66.6 Å². The number of rotatable bonds is 8. The Hall–Kier alpha value is -2.73. The molecule has 1 aromatic carbocycles. The Morgan fingerprint density at radius 2 is 1.93 bits per heavy atom. The highest BCUT2D eigenvalue weighted by Crippen LogP contribution is 2.18. The summed E-state index contributed by atoms with van der Waals surface area (Å²) in [5.74, 6) is 0.122. The lowest BCUT2D eigenvalue weighted by atomic mass is 10.1. The zero-order valence-corrected chi connectivity index (χ0v) is 17.1. The lowest BCUT2D eigenvalue weighted by Gasteiger charge is -2.23.